The summed E-state index contributed by atoms with van der Waals surface area (Å²) in [5.41, 5.74) is 1.05. The normalized spacial score (nSPS) is 30.1. The molecule has 1 amide bonds. The summed E-state index contributed by atoms with van der Waals surface area (Å²) in [7, 11) is 1.95. The molecule has 1 fully saturated rings. The SMILES string of the molecule is CC(=O)N1CCCC2(O)c3ccccc3N(C)C12. The Morgan fingerprint density at radius 1 is 1.44 bits per heavy atom. The van der Waals surface area contributed by atoms with E-state index in [1.54, 1.807) is 11.8 Å². The van der Waals surface area contributed by atoms with Gasteiger partial charge in [-0.25, -0.2) is 0 Å². The summed E-state index contributed by atoms with van der Waals surface area (Å²) >= 11 is 0. The quantitative estimate of drug-likeness (QED) is 0.750. The van der Waals surface area contributed by atoms with Crippen molar-refractivity contribution in [2.24, 2.45) is 0 Å². The molecule has 0 saturated carbocycles. The molecule has 2 unspecified atom stereocenters. The fourth-order valence-corrected chi connectivity index (χ4v) is 3.44. The number of hydrogen-bond donors (Lipinski definition) is 1. The molecule has 18 heavy (non-hydrogen) atoms. The van der Waals surface area contributed by atoms with E-state index in [0.29, 0.717) is 6.42 Å². The Hall–Kier alpha value is -1.55. The lowest BCUT2D eigenvalue weighted by atomic mass is 9.85. The van der Waals surface area contributed by atoms with Gasteiger partial charge in [-0.2, -0.15) is 0 Å². The van der Waals surface area contributed by atoms with Crippen molar-refractivity contribution in [3.8, 4) is 0 Å². The van der Waals surface area contributed by atoms with Crippen LogP contribution in [0.3, 0.4) is 0 Å². The van der Waals surface area contributed by atoms with E-state index in [1.807, 2.05) is 36.2 Å². The summed E-state index contributed by atoms with van der Waals surface area (Å²) in [5, 5.41) is 11.0. The molecule has 1 N–H and O–H groups in total. The molecule has 0 aromatic heterocycles. The Labute approximate surface area is 107 Å². The van der Waals surface area contributed by atoms with Gasteiger partial charge < -0.3 is 14.9 Å². The molecule has 1 aromatic carbocycles. The van der Waals surface area contributed by atoms with Crippen LogP contribution in [0.25, 0.3) is 0 Å². The van der Waals surface area contributed by atoms with Gasteiger partial charge in [-0.1, -0.05) is 18.2 Å². The van der Waals surface area contributed by atoms with Gasteiger partial charge in [-0.3, -0.25) is 4.79 Å². The number of amides is 1. The fraction of sp³-hybridized carbons (Fsp3) is 0.500. The number of para-hydroxylation sites is 1. The molecule has 2 atom stereocenters. The van der Waals surface area contributed by atoms with Gasteiger partial charge in [0.05, 0.1) is 0 Å². The monoisotopic (exact) mass is 246 g/mol. The molecule has 2 heterocycles. The number of aliphatic hydroxyl groups is 1. The van der Waals surface area contributed by atoms with Crippen LogP contribution in [0, 0.1) is 0 Å². The van der Waals surface area contributed by atoms with Gasteiger partial charge in [0.1, 0.15) is 11.8 Å². The molecule has 0 bridgehead atoms. The average molecular weight is 246 g/mol. The van der Waals surface area contributed by atoms with E-state index in [4.69, 9.17) is 0 Å². The summed E-state index contributed by atoms with van der Waals surface area (Å²) < 4.78 is 0. The minimum atomic E-state index is -0.921. The third-order valence-electron chi connectivity index (χ3n) is 4.20. The van der Waals surface area contributed by atoms with Gasteiger partial charge in [0.25, 0.3) is 0 Å². The summed E-state index contributed by atoms with van der Waals surface area (Å²) in [6, 6.07) is 7.88. The number of carbonyl (C=O) groups is 1. The first-order valence-corrected chi connectivity index (χ1v) is 6.37. The molecule has 4 heteroatoms. The number of anilines is 1. The standard InChI is InChI=1S/C14H18N2O2/c1-10(17)16-9-5-8-14(18)11-6-3-4-7-12(11)15(2)13(14)16/h3-4,6-7,13,18H,5,8-9H2,1-2H3. The van der Waals surface area contributed by atoms with E-state index in [-0.39, 0.29) is 12.1 Å². The van der Waals surface area contributed by atoms with E-state index >= 15 is 0 Å². The van der Waals surface area contributed by atoms with Crippen molar-refractivity contribution in [2.75, 3.05) is 18.5 Å². The van der Waals surface area contributed by atoms with Crippen LogP contribution >= 0.6 is 0 Å². The van der Waals surface area contributed by atoms with Crippen LogP contribution in [0.15, 0.2) is 24.3 Å². The van der Waals surface area contributed by atoms with Crippen molar-refractivity contribution in [2.45, 2.75) is 31.5 Å². The molecular formula is C14H18N2O2. The summed E-state index contributed by atoms with van der Waals surface area (Å²) in [6.07, 6.45) is 1.29. The number of fused-ring (bicyclic) bond motifs is 3. The van der Waals surface area contributed by atoms with Gasteiger partial charge in [0.15, 0.2) is 0 Å². The molecule has 3 rings (SSSR count). The highest BCUT2D eigenvalue weighted by molar-refractivity contribution is 5.76. The first-order valence-electron chi connectivity index (χ1n) is 6.37. The van der Waals surface area contributed by atoms with E-state index in [2.05, 4.69) is 0 Å². The number of likely N-dealkylation sites (N-methyl/N-ethyl adjacent to an activating group) is 1. The molecule has 1 aromatic rings. The van der Waals surface area contributed by atoms with E-state index < -0.39 is 5.60 Å². The van der Waals surface area contributed by atoms with Crippen molar-refractivity contribution < 1.29 is 9.90 Å². The highest BCUT2D eigenvalue weighted by Crippen LogP contribution is 2.48. The van der Waals surface area contributed by atoms with Crippen LogP contribution in [0.4, 0.5) is 5.69 Å². The highest BCUT2D eigenvalue weighted by Gasteiger charge is 2.53. The number of nitrogens with zero attached hydrogens (tertiary/aromatic N) is 2. The molecule has 2 aliphatic heterocycles. The van der Waals surface area contributed by atoms with E-state index in [9.17, 15) is 9.90 Å². The second-order valence-corrected chi connectivity index (χ2v) is 5.24. The molecule has 1 saturated heterocycles. The Kier molecular flexibility index (Phi) is 2.38. The van der Waals surface area contributed by atoms with Crippen molar-refractivity contribution in [3.63, 3.8) is 0 Å². The van der Waals surface area contributed by atoms with E-state index in [1.165, 1.54) is 0 Å². The molecule has 96 valence electrons. The predicted molar refractivity (Wildman–Crippen MR) is 69.2 cm³/mol. The summed E-state index contributed by atoms with van der Waals surface area (Å²) in [6.45, 7) is 2.29. The maximum atomic E-state index is 11.8. The molecule has 4 nitrogen and oxygen atoms in total. The minimum Gasteiger partial charge on any atom is -0.381 e. The highest BCUT2D eigenvalue weighted by atomic mass is 16.3. The lowest BCUT2D eigenvalue weighted by molar-refractivity contribution is -0.144. The Morgan fingerprint density at radius 2 is 2.17 bits per heavy atom. The summed E-state index contributed by atoms with van der Waals surface area (Å²) in [4.78, 5) is 15.6. The number of piperidine rings is 1. The Bertz CT molecular complexity index is 502. The lowest BCUT2D eigenvalue weighted by Crippen LogP contribution is -2.59. The molecular weight excluding hydrogens is 228 g/mol. The smallest absolute Gasteiger partial charge is 0.221 e. The Balaban J connectivity index is 2.13. The van der Waals surface area contributed by atoms with Gasteiger partial charge in [0, 0.05) is 31.8 Å². The number of hydrogen-bond acceptors (Lipinski definition) is 3. The van der Waals surface area contributed by atoms with Gasteiger partial charge in [-0.05, 0) is 18.9 Å². The first-order chi connectivity index (χ1) is 8.55. The molecule has 0 spiro atoms. The van der Waals surface area contributed by atoms with Crippen LogP contribution in [0.5, 0.6) is 0 Å². The largest absolute Gasteiger partial charge is 0.381 e. The second-order valence-electron chi connectivity index (χ2n) is 5.24. The van der Waals surface area contributed by atoms with Crippen molar-refractivity contribution >= 4 is 11.6 Å². The Morgan fingerprint density at radius 3 is 2.89 bits per heavy atom. The molecule has 0 aliphatic carbocycles. The maximum absolute atomic E-state index is 11.8. The zero-order valence-corrected chi connectivity index (χ0v) is 10.8. The predicted octanol–water partition coefficient (Wildman–Crippen LogP) is 1.29. The average Bonchev–Trinajstić information content (AvgIpc) is 2.59. The topological polar surface area (TPSA) is 43.8 Å². The van der Waals surface area contributed by atoms with Crippen LogP contribution in [0.2, 0.25) is 0 Å². The van der Waals surface area contributed by atoms with Crippen molar-refractivity contribution in [1.29, 1.82) is 0 Å². The van der Waals surface area contributed by atoms with E-state index in [0.717, 1.165) is 24.2 Å². The second kappa shape index (κ2) is 3.72. The van der Waals surface area contributed by atoms with Crippen LogP contribution in [-0.4, -0.2) is 35.7 Å². The minimum absolute atomic E-state index is 0.0257. The van der Waals surface area contributed by atoms with Crippen LogP contribution < -0.4 is 4.90 Å². The number of likely N-dealkylation sites (tertiary alicyclic amines) is 1. The molecule has 2 aliphatic rings. The number of rotatable bonds is 0. The molecule has 0 radical (unpaired) electrons. The van der Waals surface area contributed by atoms with Gasteiger partial charge >= 0.3 is 0 Å². The van der Waals surface area contributed by atoms with Crippen molar-refractivity contribution in [3.05, 3.63) is 29.8 Å². The third kappa shape index (κ3) is 1.32. The number of carbonyl (C=O) groups excluding carboxylic acids is 1. The fourth-order valence-electron chi connectivity index (χ4n) is 3.44. The maximum Gasteiger partial charge on any atom is 0.221 e. The van der Waals surface area contributed by atoms with Crippen LogP contribution in [0.1, 0.15) is 25.3 Å². The number of benzene rings is 1. The zero-order chi connectivity index (χ0) is 12.9. The van der Waals surface area contributed by atoms with Gasteiger partial charge in [0.2, 0.25) is 5.91 Å². The van der Waals surface area contributed by atoms with Gasteiger partial charge in [-0.15, -0.1) is 0 Å². The third-order valence-corrected chi connectivity index (χ3v) is 4.20. The first kappa shape index (κ1) is 11.5. The lowest BCUT2D eigenvalue weighted by Gasteiger charge is -2.45. The van der Waals surface area contributed by atoms with Crippen molar-refractivity contribution in [1.82, 2.24) is 4.90 Å². The van der Waals surface area contributed by atoms with Crippen LogP contribution in [-0.2, 0) is 10.4 Å². The zero-order valence-electron chi connectivity index (χ0n) is 10.8. The summed E-state index contributed by atoms with van der Waals surface area (Å²) in [5.74, 6) is 0.0257.